The van der Waals surface area contributed by atoms with Crippen LogP contribution in [-0.4, -0.2) is 49.6 Å². The van der Waals surface area contributed by atoms with Crippen LogP contribution in [0.15, 0.2) is 0 Å². The molecule has 1 unspecified atom stereocenters. The minimum Gasteiger partial charge on any atom is -0.481 e. The van der Waals surface area contributed by atoms with Crippen LogP contribution in [0.2, 0.25) is 0 Å². The lowest BCUT2D eigenvalue weighted by Gasteiger charge is -2.33. The maximum Gasteiger partial charge on any atom is 0.316 e. The molecule has 1 saturated carbocycles. The topological polar surface area (TPSA) is 132 Å². The minimum absolute atomic E-state index is 0.248. The summed E-state index contributed by atoms with van der Waals surface area (Å²) in [5.41, 5.74) is -2.89. The molecule has 1 rings (SSSR count). The van der Waals surface area contributed by atoms with Crippen molar-refractivity contribution in [1.82, 2.24) is 0 Å². The number of aliphatic hydroxyl groups excluding tert-OH is 1. The fourth-order valence-electron chi connectivity index (χ4n) is 2.30. The minimum atomic E-state index is -4.27. The van der Waals surface area contributed by atoms with E-state index < -0.39 is 43.2 Å². The third kappa shape index (κ3) is 3.31. The smallest absolute Gasteiger partial charge is 0.316 e. The second-order valence-electron chi connectivity index (χ2n) is 4.54. The van der Waals surface area contributed by atoms with Gasteiger partial charge in [0.2, 0.25) is 7.37 Å². The number of rotatable bonds is 5. The average Bonchev–Trinajstić information content (AvgIpc) is 2.25. The van der Waals surface area contributed by atoms with Crippen LogP contribution in [-0.2, 0) is 14.2 Å². The normalized spacial score (nSPS) is 29.2. The summed E-state index contributed by atoms with van der Waals surface area (Å²) in [6.45, 7) is 0. The summed E-state index contributed by atoms with van der Waals surface area (Å²) in [6.07, 6.45) is -0.00972. The van der Waals surface area contributed by atoms with E-state index in [4.69, 9.17) is 10.2 Å². The molecule has 0 spiro atoms. The Bertz CT molecular complexity index is 380. The fourth-order valence-corrected chi connectivity index (χ4v) is 4.69. The van der Waals surface area contributed by atoms with E-state index in [-0.39, 0.29) is 6.42 Å². The first-order valence-electron chi connectivity index (χ1n) is 5.71. The molecule has 1 fully saturated rings. The molecular formula is C10H17O7P. The Morgan fingerprint density at radius 2 is 1.78 bits per heavy atom. The van der Waals surface area contributed by atoms with E-state index in [0.29, 0.717) is 19.3 Å². The highest BCUT2D eigenvalue weighted by Gasteiger charge is 2.47. The van der Waals surface area contributed by atoms with Crippen molar-refractivity contribution in [1.29, 1.82) is 0 Å². The van der Waals surface area contributed by atoms with E-state index in [2.05, 4.69) is 0 Å². The average molecular weight is 280 g/mol. The Morgan fingerprint density at radius 1 is 1.22 bits per heavy atom. The van der Waals surface area contributed by atoms with Gasteiger partial charge in [-0.25, -0.2) is 0 Å². The molecule has 18 heavy (non-hydrogen) atoms. The van der Waals surface area contributed by atoms with Crippen molar-refractivity contribution in [2.24, 2.45) is 0 Å². The van der Waals surface area contributed by atoms with Crippen molar-refractivity contribution < 1.29 is 34.4 Å². The van der Waals surface area contributed by atoms with Gasteiger partial charge < -0.3 is 20.2 Å². The van der Waals surface area contributed by atoms with Crippen molar-refractivity contribution in [2.75, 3.05) is 0 Å². The molecule has 0 saturated heterocycles. The Morgan fingerprint density at radius 3 is 2.22 bits per heavy atom. The van der Waals surface area contributed by atoms with Gasteiger partial charge in [0.15, 0.2) is 0 Å². The van der Waals surface area contributed by atoms with Crippen LogP contribution in [0.1, 0.15) is 32.1 Å². The van der Waals surface area contributed by atoms with Crippen molar-refractivity contribution in [3.8, 4) is 0 Å². The van der Waals surface area contributed by atoms with Crippen LogP contribution in [0.25, 0.3) is 0 Å². The van der Waals surface area contributed by atoms with Gasteiger partial charge in [-0.15, -0.1) is 0 Å². The highest BCUT2D eigenvalue weighted by molar-refractivity contribution is 7.60. The van der Waals surface area contributed by atoms with E-state index in [1.165, 1.54) is 0 Å². The van der Waals surface area contributed by atoms with Crippen LogP contribution in [0, 0.1) is 0 Å². The highest BCUT2D eigenvalue weighted by atomic mass is 31.2. The quantitative estimate of drug-likeness (QED) is 0.538. The molecule has 4 N–H and O–H groups in total. The molecule has 0 radical (unpaired) electrons. The number of carboxylic acids is 2. The lowest BCUT2D eigenvalue weighted by atomic mass is 9.97. The van der Waals surface area contributed by atoms with Gasteiger partial charge in [-0.3, -0.25) is 14.2 Å². The Balaban J connectivity index is 2.96. The van der Waals surface area contributed by atoms with Gasteiger partial charge in [-0.2, -0.15) is 0 Å². The molecule has 104 valence electrons. The third-order valence-corrected chi connectivity index (χ3v) is 6.12. The zero-order valence-electron chi connectivity index (χ0n) is 9.73. The Hall–Kier alpha value is -0.910. The molecular weight excluding hydrogens is 263 g/mol. The van der Waals surface area contributed by atoms with Crippen LogP contribution < -0.4 is 0 Å². The molecule has 0 aromatic heterocycles. The van der Waals surface area contributed by atoms with E-state index in [9.17, 15) is 24.2 Å². The van der Waals surface area contributed by atoms with Gasteiger partial charge in [0.05, 0.1) is 18.2 Å². The zero-order valence-corrected chi connectivity index (χ0v) is 10.6. The Labute approximate surface area is 104 Å². The number of carboxylic acid groups (broad SMARTS) is 2. The maximum atomic E-state index is 12.2. The number of aliphatic carboxylic acids is 2. The van der Waals surface area contributed by atoms with Crippen molar-refractivity contribution in [3.63, 3.8) is 0 Å². The van der Waals surface area contributed by atoms with Crippen molar-refractivity contribution in [3.05, 3.63) is 0 Å². The SMILES string of the molecule is O=C(O)C[C@H](C(=O)O)P(=O)(O)[C@@H]1CCCC[C@@H]1O. The van der Waals surface area contributed by atoms with Gasteiger partial charge in [0.1, 0.15) is 5.66 Å². The van der Waals surface area contributed by atoms with Gasteiger partial charge in [0.25, 0.3) is 0 Å². The number of hydrogen-bond donors (Lipinski definition) is 4. The zero-order chi connectivity index (χ0) is 13.9. The predicted molar refractivity (Wildman–Crippen MR) is 61.8 cm³/mol. The second kappa shape index (κ2) is 5.82. The van der Waals surface area contributed by atoms with E-state index in [0.717, 1.165) is 0 Å². The first-order valence-corrected chi connectivity index (χ1v) is 7.51. The summed E-state index contributed by atoms with van der Waals surface area (Å²) in [5, 5.41) is 27.2. The molecule has 0 aromatic carbocycles. The van der Waals surface area contributed by atoms with Crippen LogP contribution in [0.3, 0.4) is 0 Å². The summed E-state index contributed by atoms with van der Waals surface area (Å²) in [5.74, 6) is -3.05. The molecule has 0 amide bonds. The molecule has 1 aliphatic carbocycles. The van der Waals surface area contributed by atoms with Crippen LogP contribution in [0.4, 0.5) is 0 Å². The summed E-state index contributed by atoms with van der Waals surface area (Å²) >= 11 is 0. The molecule has 7 nitrogen and oxygen atoms in total. The van der Waals surface area contributed by atoms with E-state index in [1.807, 2.05) is 0 Å². The molecule has 1 aliphatic rings. The molecule has 0 aromatic rings. The third-order valence-electron chi connectivity index (χ3n) is 3.27. The standard InChI is InChI=1S/C10H17O7P/c11-6-3-1-2-4-7(6)18(16,17)8(10(14)15)5-9(12)13/h6-8,11H,1-5H2,(H,12,13)(H,14,15)(H,16,17)/t6-,7+,8+/m0/s1. The number of carbonyl (C=O) groups is 2. The monoisotopic (exact) mass is 280 g/mol. The van der Waals surface area contributed by atoms with Gasteiger partial charge in [-0.05, 0) is 12.8 Å². The van der Waals surface area contributed by atoms with Crippen molar-refractivity contribution >= 4 is 19.3 Å². The van der Waals surface area contributed by atoms with Gasteiger partial charge in [-0.1, -0.05) is 12.8 Å². The maximum absolute atomic E-state index is 12.2. The van der Waals surface area contributed by atoms with E-state index >= 15 is 0 Å². The summed E-state index contributed by atoms with van der Waals surface area (Å²) in [4.78, 5) is 31.5. The predicted octanol–water partition coefficient (Wildman–Crippen LogP) is 0.488. The Kier molecular flexibility index (Phi) is 4.90. The van der Waals surface area contributed by atoms with Crippen LogP contribution in [0.5, 0.6) is 0 Å². The molecule has 0 aliphatic heterocycles. The molecule has 8 heteroatoms. The van der Waals surface area contributed by atoms with Crippen LogP contribution >= 0.6 is 7.37 Å². The lowest BCUT2D eigenvalue weighted by Crippen LogP contribution is -2.36. The largest absolute Gasteiger partial charge is 0.481 e. The van der Waals surface area contributed by atoms with Gasteiger partial charge in [0, 0.05) is 0 Å². The molecule has 0 bridgehead atoms. The second-order valence-corrected chi connectivity index (χ2v) is 7.18. The van der Waals surface area contributed by atoms with E-state index in [1.54, 1.807) is 0 Å². The number of hydrogen-bond acceptors (Lipinski definition) is 4. The van der Waals surface area contributed by atoms with Crippen molar-refractivity contribution in [2.45, 2.75) is 49.5 Å². The fraction of sp³-hybridized carbons (Fsp3) is 0.800. The number of aliphatic hydroxyl groups is 1. The first kappa shape index (κ1) is 15.1. The lowest BCUT2D eigenvalue weighted by molar-refractivity contribution is -0.143. The molecule has 4 atom stereocenters. The highest BCUT2D eigenvalue weighted by Crippen LogP contribution is 2.56. The molecule has 0 heterocycles. The summed E-state index contributed by atoms with van der Waals surface area (Å²) in [6, 6.07) is 0. The first-order chi connectivity index (χ1) is 8.26. The summed E-state index contributed by atoms with van der Waals surface area (Å²) in [7, 11) is -4.27. The van der Waals surface area contributed by atoms with Gasteiger partial charge >= 0.3 is 11.9 Å². The summed E-state index contributed by atoms with van der Waals surface area (Å²) < 4.78 is 12.2.